The van der Waals surface area contributed by atoms with Crippen molar-refractivity contribution in [1.29, 1.82) is 0 Å². The molecular formula is C14H15ClN2. The third kappa shape index (κ3) is 3.75. The smallest absolute Gasteiger partial charge is 0.129 e. The average molecular weight is 247 g/mol. The predicted octanol–water partition coefficient (Wildman–Crippen LogP) is 3.78. The standard InChI is InChI=1S/C14H15ClN2/c1-11(9-12-5-3-2-4-6-12)17-13-7-8-14(15)16-10-13/h2-8,10-11,17H,9H2,1H3. The van der Waals surface area contributed by atoms with Gasteiger partial charge < -0.3 is 5.32 Å². The third-order valence-electron chi connectivity index (χ3n) is 2.53. The van der Waals surface area contributed by atoms with Crippen LogP contribution in [0.15, 0.2) is 48.7 Å². The lowest BCUT2D eigenvalue weighted by Gasteiger charge is -2.14. The topological polar surface area (TPSA) is 24.9 Å². The highest BCUT2D eigenvalue weighted by Gasteiger charge is 2.03. The molecule has 1 heterocycles. The van der Waals surface area contributed by atoms with Crippen molar-refractivity contribution in [3.8, 4) is 0 Å². The van der Waals surface area contributed by atoms with Gasteiger partial charge in [0.15, 0.2) is 0 Å². The molecular weight excluding hydrogens is 232 g/mol. The van der Waals surface area contributed by atoms with Crippen LogP contribution < -0.4 is 5.32 Å². The molecule has 0 bridgehead atoms. The van der Waals surface area contributed by atoms with E-state index in [2.05, 4.69) is 41.5 Å². The van der Waals surface area contributed by atoms with Crippen LogP contribution in [-0.2, 0) is 6.42 Å². The van der Waals surface area contributed by atoms with E-state index in [1.165, 1.54) is 5.56 Å². The highest BCUT2D eigenvalue weighted by atomic mass is 35.5. The lowest BCUT2D eigenvalue weighted by atomic mass is 10.1. The molecule has 1 aromatic heterocycles. The number of nitrogens with one attached hydrogen (secondary N) is 1. The van der Waals surface area contributed by atoms with E-state index in [1.54, 1.807) is 12.3 Å². The van der Waals surface area contributed by atoms with Gasteiger partial charge in [0.2, 0.25) is 0 Å². The number of anilines is 1. The van der Waals surface area contributed by atoms with E-state index in [1.807, 2.05) is 12.1 Å². The van der Waals surface area contributed by atoms with Gasteiger partial charge in [0.05, 0.1) is 11.9 Å². The quantitative estimate of drug-likeness (QED) is 0.831. The Morgan fingerprint density at radius 2 is 1.94 bits per heavy atom. The molecule has 88 valence electrons. The monoisotopic (exact) mass is 246 g/mol. The maximum absolute atomic E-state index is 5.74. The van der Waals surface area contributed by atoms with E-state index < -0.39 is 0 Å². The summed E-state index contributed by atoms with van der Waals surface area (Å²) < 4.78 is 0. The van der Waals surface area contributed by atoms with Gasteiger partial charge in [-0.25, -0.2) is 4.98 Å². The maximum Gasteiger partial charge on any atom is 0.129 e. The maximum atomic E-state index is 5.74. The first-order valence-corrected chi connectivity index (χ1v) is 6.04. The Kier molecular flexibility index (Phi) is 3.99. The fourth-order valence-corrected chi connectivity index (χ4v) is 1.88. The summed E-state index contributed by atoms with van der Waals surface area (Å²) in [6.07, 6.45) is 2.74. The molecule has 2 nitrogen and oxygen atoms in total. The Balaban J connectivity index is 1.93. The van der Waals surface area contributed by atoms with Gasteiger partial charge in [-0.05, 0) is 31.0 Å². The van der Waals surface area contributed by atoms with Crippen LogP contribution >= 0.6 is 11.6 Å². The second-order valence-corrected chi connectivity index (χ2v) is 4.49. The van der Waals surface area contributed by atoms with Crippen molar-refractivity contribution in [2.45, 2.75) is 19.4 Å². The van der Waals surface area contributed by atoms with Crippen molar-refractivity contribution in [3.05, 3.63) is 59.4 Å². The molecule has 2 aromatic rings. The van der Waals surface area contributed by atoms with Gasteiger partial charge in [0.1, 0.15) is 5.15 Å². The fourth-order valence-electron chi connectivity index (χ4n) is 1.76. The Bertz CT molecular complexity index is 453. The van der Waals surface area contributed by atoms with E-state index in [4.69, 9.17) is 11.6 Å². The van der Waals surface area contributed by atoms with Crippen LogP contribution in [0.4, 0.5) is 5.69 Å². The molecule has 0 aliphatic heterocycles. The molecule has 1 N–H and O–H groups in total. The van der Waals surface area contributed by atoms with Gasteiger partial charge in [-0.15, -0.1) is 0 Å². The van der Waals surface area contributed by atoms with Crippen molar-refractivity contribution in [2.75, 3.05) is 5.32 Å². The molecule has 0 saturated carbocycles. The minimum absolute atomic E-state index is 0.361. The normalized spacial score (nSPS) is 12.1. The second kappa shape index (κ2) is 5.69. The predicted molar refractivity (Wildman–Crippen MR) is 72.5 cm³/mol. The summed E-state index contributed by atoms with van der Waals surface area (Å²) in [5.74, 6) is 0. The Hall–Kier alpha value is -1.54. The summed E-state index contributed by atoms with van der Waals surface area (Å²) in [6, 6.07) is 14.5. The van der Waals surface area contributed by atoms with Crippen molar-refractivity contribution >= 4 is 17.3 Å². The number of nitrogens with zero attached hydrogens (tertiary/aromatic N) is 1. The lowest BCUT2D eigenvalue weighted by Crippen LogP contribution is -2.18. The first-order chi connectivity index (χ1) is 8.24. The molecule has 1 atom stereocenters. The summed E-state index contributed by atoms with van der Waals surface area (Å²) in [5.41, 5.74) is 2.33. The van der Waals surface area contributed by atoms with E-state index in [0.29, 0.717) is 11.2 Å². The fraction of sp³-hybridized carbons (Fsp3) is 0.214. The minimum atomic E-state index is 0.361. The highest BCUT2D eigenvalue weighted by molar-refractivity contribution is 6.29. The molecule has 17 heavy (non-hydrogen) atoms. The van der Waals surface area contributed by atoms with Crippen molar-refractivity contribution in [3.63, 3.8) is 0 Å². The first-order valence-electron chi connectivity index (χ1n) is 5.66. The summed E-state index contributed by atoms with van der Waals surface area (Å²) in [4.78, 5) is 4.04. The Morgan fingerprint density at radius 1 is 1.18 bits per heavy atom. The van der Waals surface area contributed by atoms with E-state index in [9.17, 15) is 0 Å². The molecule has 3 heteroatoms. The number of hydrogen-bond acceptors (Lipinski definition) is 2. The molecule has 0 saturated heterocycles. The molecule has 0 aliphatic carbocycles. The number of hydrogen-bond donors (Lipinski definition) is 1. The molecule has 0 aliphatic rings. The largest absolute Gasteiger partial charge is 0.381 e. The summed E-state index contributed by atoms with van der Waals surface area (Å²) in [5, 5.41) is 3.92. The molecule has 1 unspecified atom stereocenters. The number of pyridine rings is 1. The molecule has 0 amide bonds. The SMILES string of the molecule is CC(Cc1ccccc1)Nc1ccc(Cl)nc1. The molecule has 0 spiro atoms. The van der Waals surface area contributed by atoms with Gasteiger partial charge in [-0.2, -0.15) is 0 Å². The lowest BCUT2D eigenvalue weighted by molar-refractivity contribution is 0.789. The molecule has 0 radical (unpaired) electrons. The van der Waals surface area contributed by atoms with Gasteiger partial charge in [-0.3, -0.25) is 0 Å². The first kappa shape index (κ1) is 11.9. The number of aromatic nitrogens is 1. The summed E-state index contributed by atoms with van der Waals surface area (Å²) in [7, 11) is 0. The van der Waals surface area contributed by atoms with E-state index in [0.717, 1.165) is 12.1 Å². The highest BCUT2D eigenvalue weighted by Crippen LogP contribution is 2.12. The van der Waals surface area contributed by atoms with Crippen LogP contribution in [-0.4, -0.2) is 11.0 Å². The summed E-state index contributed by atoms with van der Waals surface area (Å²) >= 11 is 5.74. The van der Waals surface area contributed by atoms with Crippen LogP contribution in [0.1, 0.15) is 12.5 Å². The van der Waals surface area contributed by atoms with Crippen LogP contribution in [0.3, 0.4) is 0 Å². The van der Waals surface area contributed by atoms with Crippen LogP contribution in [0.25, 0.3) is 0 Å². The van der Waals surface area contributed by atoms with Crippen molar-refractivity contribution < 1.29 is 0 Å². The third-order valence-corrected chi connectivity index (χ3v) is 2.75. The zero-order valence-electron chi connectivity index (χ0n) is 9.73. The number of benzene rings is 1. The van der Waals surface area contributed by atoms with Gasteiger partial charge in [0.25, 0.3) is 0 Å². The number of rotatable bonds is 4. The summed E-state index contributed by atoms with van der Waals surface area (Å²) in [6.45, 7) is 2.15. The van der Waals surface area contributed by atoms with Gasteiger partial charge >= 0.3 is 0 Å². The number of halogens is 1. The van der Waals surface area contributed by atoms with E-state index in [-0.39, 0.29) is 0 Å². The van der Waals surface area contributed by atoms with Crippen molar-refractivity contribution in [1.82, 2.24) is 4.98 Å². The van der Waals surface area contributed by atoms with Gasteiger partial charge in [-0.1, -0.05) is 41.9 Å². The van der Waals surface area contributed by atoms with Crippen molar-refractivity contribution in [2.24, 2.45) is 0 Å². The average Bonchev–Trinajstić information content (AvgIpc) is 2.33. The molecule has 0 fully saturated rings. The zero-order chi connectivity index (χ0) is 12.1. The van der Waals surface area contributed by atoms with Gasteiger partial charge in [0, 0.05) is 6.04 Å². The molecule has 1 aromatic carbocycles. The van der Waals surface area contributed by atoms with Crippen LogP contribution in [0.2, 0.25) is 5.15 Å². The van der Waals surface area contributed by atoms with Crippen LogP contribution in [0.5, 0.6) is 0 Å². The molecule has 2 rings (SSSR count). The Labute approximate surface area is 107 Å². The Morgan fingerprint density at radius 3 is 2.59 bits per heavy atom. The van der Waals surface area contributed by atoms with Crippen LogP contribution in [0, 0.1) is 0 Å². The van der Waals surface area contributed by atoms with E-state index >= 15 is 0 Å². The zero-order valence-corrected chi connectivity index (χ0v) is 10.5. The minimum Gasteiger partial charge on any atom is -0.381 e. The second-order valence-electron chi connectivity index (χ2n) is 4.10.